The second-order valence-corrected chi connectivity index (χ2v) is 6.22. The minimum Gasteiger partial charge on any atom is -0.483 e. The van der Waals surface area contributed by atoms with Crippen LogP contribution in [0.25, 0.3) is 0 Å². The van der Waals surface area contributed by atoms with Crippen LogP contribution in [0.15, 0.2) is 4.52 Å². The van der Waals surface area contributed by atoms with Gasteiger partial charge in [-0.15, -0.1) is 0 Å². The highest BCUT2D eigenvalue weighted by Crippen LogP contribution is 2.24. The van der Waals surface area contributed by atoms with Crippen LogP contribution in [0.4, 0.5) is 0 Å². The molecule has 2 rings (SSSR count). The highest BCUT2D eigenvalue weighted by atomic mass is 16.5. The van der Waals surface area contributed by atoms with Gasteiger partial charge in [0, 0.05) is 24.2 Å². The molecular formula is C17H27N3O6. The van der Waals surface area contributed by atoms with Crippen molar-refractivity contribution in [3.63, 3.8) is 0 Å². The first kappa shape index (κ1) is 21.6. The molecule has 1 aliphatic rings. The minimum absolute atomic E-state index is 0.0378. The number of amides is 1. The molecular weight excluding hydrogens is 342 g/mol. The number of aryl methyl sites for hydroxylation is 2. The van der Waals surface area contributed by atoms with E-state index < -0.39 is 0 Å². The van der Waals surface area contributed by atoms with Crippen molar-refractivity contribution in [3.05, 3.63) is 17.0 Å². The molecule has 2 N–H and O–H groups in total. The van der Waals surface area contributed by atoms with E-state index in [1.54, 1.807) is 0 Å². The molecule has 0 spiro atoms. The Morgan fingerprint density at radius 1 is 1.38 bits per heavy atom. The number of likely N-dealkylation sites (tertiary alicyclic amines) is 1. The van der Waals surface area contributed by atoms with Crippen molar-refractivity contribution in [1.82, 2.24) is 15.4 Å². The third-order valence-electron chi connectivity index (χ3n) is 4.67. The SMILES string of the molecule is COC(=O)C[C@H]1CC[C@@H](CNC(=O)Cc2c(C)noc2C)N1C.O=CO. The number of nitrogens with zero attached hydrogens (tertiary/aromatic N) is 2. The van der Waals surface area contributed by atoms with E-state index in [-0.39, 0.29) is 36.9 Å². The lowest BCUT2D eigenvalue weighted by Crippen LogP contribution is -2.42. The second-order valence-electron chi connectivity index (χ2n) is 6.22. The molecule has 2 heterocycles. The Morgan fingerprint density at radius 2 is 2.00 bits per heavy atom. The standard InChI is InChI=1S/C16H25N3O4.CH2O2/c1-10-14(11(2)23-18-10)8-15(20)17-9-13-6-5-12(19(13)3)7-16(21)22-4;2-1-3/h12-13H,5-9H2,1-4H3,(H,17,20);1H,(H,2,3)/t12-,13+;/m1./s1. The van der Waals surface area contributed by atoms with Crippen molar-refractivity contribution in [2.75, 3.05) is 20.7 Å². The first-order valence-corrected chi connectivity index (χ1v) is 8.39. The Bertz CT molecular complexity index is 596. The van der Waals surface area contributed by atoms with Gasteiger partial charge >= 0.3 is 5.97 Å². The third-order valence-corrected chi connectivity index (χ3v) is 4.67. The smallest absolute Gasteiger partial charge is 0.307 e. The van der Waals surface area contributed by atoms with Gasteiger partial charge in [0.15, 0.2) is 0 Å². The van der Waals surface area contributed by atoms with Crippen LogP contribution in [0.1, 0.15) is 36.3 Å². The van der Waals surface area contributed by atoms with E-state index in [0.717, 1.165) is 24.1 Å². The van der Waals surface area contributed by atoms with E-state index >= 15 is 0 Å². The zero-order valence-electron chi connectivity index (χ0n) is 15.7. The lowest BCUT2D eigenvalue weighted by molar-refractivity contribution is -0.141. The molecule has 1 saturated heterocycles. The number of likely N-dealkylation sites (N-methyl/N-ethyl adjacent to an activating group) is 1. The summed E-state index contributed by atoms with van der Waals surface area (Å²) < 4.78 is 9.80. The molecule has 2 atom stereocenters. The summed E-state index contributed by atoms with van der Waals surface area (Å²) >= 11 is 0. The number of methoxy groups -OCH3 is 1. The van der Waals surface area contributed by atoms with Crippen LogP contribution in [0.2, 0.25) is 0 Å². The molecule has 0 aliphatic carbocycles. The van der Waals surface area contributed by atoms with E-state index in [0.29, 0.717) is 18.7 Å². The highest BCUT2D eigenvalue weighted by Gasteiger charge is 2.32. The van der Waals surface area contributed by atoms with Crippen molar-refractivity contribution in [3.8, 4) is 0 Å². The van der Waals surface area contributed by atoms with E-state index in [2.05, 4.69) is 15.4 Å². The Balaban J connectivity index is 0.00000105. The number of ether oxygens (including phenoxy) is 1. The largest absolute Gasteiger partial charge is 0.483 e. The maximum atomic E-state index is 12.1. The second kappa shape index (κ2) is 10.5. The quantitative estimate of drug-likeness (QED) is 0.554. The number of hydrogen-bond acceptors (Lipinski definition) is 7. The highest BCUT2D eigenvalue weighted by molar-refractivity contribution is 5.79. The molecule has 1 aliphatic heterocycles. The summed E-state index contributed by atoms with van der Waals surface area (Å²) in [7, 11) is 3.40. The van der Waals surface area contributed by atoms with E-state index in [1.807, 2.05) is 20.9 Å². The van der Waals surface area contributed by atoms with Gasteiger partial charge < -0.3 is 19.7 Å². The van der Waals surface area contributed by atoms with E-state index in [1.165, 1.54) is 7.11 Å². The predicted octanol–water partition coefficient (Wildman–Crippen LogP) is 0.677. The molecule has 0 unspecified atom stereocenters. The molecule has 9 nitrogen and oxygen atoms in total. The Labute approximate surface area is 152 Å². The summed E-state index contributed by atoms with van der Waals surface area (Å²) in [4.78, 5) is 34.0. The molecule has 146 valence electrons. The van der Waals surface area contributed by atoms with Crippen molar-refractivity contribution in [2.45, 2.75) is 51.6 Å². The molecule has 1 fully saturated rings. The number of aromatic nitrogens is 1. The summed E-state index contributed by atoms with van der Waals surface area (Å²) in [6.07, 6.45) is 2.58. The number of carbonyl (C=O) groups excluding carboxylic acids is 2. The van der Waals surface area contributed by atoms with Crippen molar-refractivity contribution in [1.29, 1.82) is 0 Å². The zero-order chi connectivity index (χ0) is 19.7. The molecule has 0 aromatic carbocycles. The van der Waals surface area contributed by atoms with Gasteiger partial charge in [-0.3, -0.25) is 19.3 Å². The van der Waals surface area contributed by atoms with Crippen molar-refractivity contribution in [2.24, 2.45) is 0 Å². The molecule has 0 radical (unpaired) electrons. The minimum atomic E-state index is -0.250. The Kier molecular flexibility index (Phi) is 8.77. The molecule has 1 amide bonds. The summed E-state index contributed by atoms with van der Waals surface area (Å²) in [5.74, 6) is 0.461. The van der Waals surface area contributed by atoms with E-state index in [9.17, 15) is 9.59 Å². The normalized spacial score (nSPS) is 19.4. The van der Waals surface area contributed by atoms with Crippen LogP contribution < -0.4 is 5.32 Å². The number of carbonyl (C=O) groups is 3. The van der Waals surface area contributed by atoms with Gasteiger partial charge in [-0.25, -0.2) is 0 Å². The fourth-order valence-electron chi connectivity index (χ4n) is 3.07. The number of rotatable bonds is 6. The lowest BCUT2D eigenvalue weighted by Gasteiger charge is -2.25. The van der Waals surface area contributed by atoms with Crippen LogP contribution in [-0.4, -0.2) is 66.3 Å². The van der Waals surface area contributed by atoms with Gasteiger partial charge in [0.25, 0.3) is 6.47 Å². The zero-order valence-corrected chi connectivity index (χ0v) is 15.7. The van der Waals surface area contributed by atoms with Crippen molar-refractivity contribution < 1.29 is 28.8 Å². The van der Waals surface area contributed by atoms with Gasteiger partial charge in [0.05, 0.1) is 25.6 Å². The third kappa shape index (κ3) is 6.14. The fourth-order valence-corrected chi connectivity index (χ4v) is 3.07. The fraction of sp³-hybridized carbons (Fsp3) is 0.647. The van der Waals surface area contributed by atoms with Gasteiger partial charge in [-0.2, -0.15) is 0 Å². The topological polar surface area (TPSA) is 122 Å². The molecule has 1 aromatic rings. The molecule has 1 aromatic heterocycles. The maximum Gasteiger partial charge on any atom is 0.307 e. The van der Waals surface area contributed by atoms with E-state index in [4.69, 9.17) is 19.2 Å². The first-order valence-electron chi connectivity index (χ1n) is 8.39. The van der Waals surface area contributed by atoms with Crippen LogP contribution in [0, 0.1) is 13.8 Å². The first-order chi connectivity index (χ1) is 12.3. The Morgan fingerprint density at radius 3 is 2.54 bits per heavy atom. The average molecular weight is 369 g/mol. The molecule has 0 bridgehead atoms. The number of hydrogen-bond donors (Lipinski definition) is 2. The van der Waals surface area contributed by atoms with Gasteiger partial charge in [0.1, 0.15) is 5.76 Å². The summed E-state index contributed by atoms with van der Waals surface area (Å²) in [6, 6.07) is 0.435. The monoisotopic (exact) mass is 369 g/mol. The van der Waals surface area contributed by atoms with Crippen LogP contribution in [0.3, 0.4) is 0 Å². The summed E-state index contributed by atoms with van der Waals surface area (Å²) in [5.41, 5.74) is 1.61. The summed E-state index contributed by atoms with van der Waals surface area (Å²) in [6.45, 7) is 3.97. The number of carboxylic acid groups (broad SMARTS) is 1. The lowest BCUT2D eigenvalue weighted by atomic mass is 10.1. The van der Waals surface area contributed by atoms with Crippen molar-refractivity contribution >= 4 is 18.3 Å². The van der Waals surface area contributed by atoms with Gasteiger partial charge in [-0.05, 0) is 33.7 Å². The summed E-state index contributed by atoms with van der Waals surface area (Å²) in [5, 5.41) is 13.7. The maximum absolute atomic E-state index is 12.1. The van der Waals surface area contributed by atoms with Gasteiger partial charge in [-0.1, -0.05) is 5.16 Å². The number of esters is 1. The van der Waals surface area contributed by atoms with Crippen LogP contribution in [0.5, 0.6) is 0 Å². The Hall–Kier alpha value is -2.42. The van der Waals surface area contributed by atoms with Crippen LogP contribution >= 0.6 is 0 Å². The molecule has 26 heavy (non-hydrogen) atoms. The predicted molar refractivity (Wildman–Crippen MR) is 92.6 cm³/mol. The molecule has 9 heteroatoms. The molecule has 0 saturated carbocycles. The average Bonchev–Trinajstić information content (AvgIpc) is 3.11. The van der Waals surface area contributed by atoms with Crippen LogP contribution in [-0.2, 0) is 25.5 Å². The van der Waals surface area contributed by atoms with Gasteiger partial charge in [0.2, 0.25) is 5.91 Å². The number of nitrogens with one attached hydrogen (secondary N) is 1.